The zero-order valence-corrected chi connectivity index (χ0v) is 15.8. The van der Waals surface area contributed by atoms with Gasteiger partial charge in [-0.25, -0.2) is 0 Å². The number of hydrogen-bond donors (Lipinski definition) is 0. The van der Waals surface area contributed by atoms with Gasteiger partial charge in [0.25, 0.3) is 0 Å². The number of halogens is 1. The maximum absolute atomic E-state index is 6.07. The fourth-order valence-corrected chi connectivity index (χ4v) is 3.85. The Balaban J connectivity index is 1.88. The molecule has 0 amide bonds. The second kappa shape index (κ2) is 6.65. The van der Waals surface area contributed by atoms with Gasteiger partial charge in [-0.3, -0.25) is 0 Å². The van der Waals surface area contributed by atoms with Crippen molar-refractivity contribution in [2.45, 2.75) is 19.3 Å². The van der Waals surface area contributed by atoms with E-state index >= 15 is 0 Å². The highest BCUT2D eigenvalue weighted by atomic mass is 35.5. The van der Waals surface area contributed by atoms with Crippen LogP contribution in [0.1, 0.15) is 30.5 Å². The predicted octanol–water partition coefficient (Wildman–Crippen LogP) is 6.90. The molecular weight excluding hydrogens is 336 g/mol. The maximum atomic E-state index is 6.07. The minimum atomic E-state index is 0.0272. The minimum Gasteiger partial charge on any atom is -0.111 e. The Morgan fingerprint density at radius 1 is 0.808 bits per heavy atom. The molecule has 0 radical (unpaired) electrons. The first-order valence-electron chi connectivity index (χ1n) is 8.99. The number of allylic oxidation sites excluding steroid dienone is 1. The van der Waals surface area contributed by atoms with Crippen molar-refractivity contribution in [3.8, 4) is 0 Å². The van der Waals surface area contributed by atoms with E-state index in [0.29, 0.717) is 5.92 Å². The molecule has 0 unspecified atom stereocenters. The van der Waals surface area contributed by atoms with Crippen LogP contribution in [-0.4, -0.2) is 0 Å². The molecule has 26 heavy (non-hydrogen) atoms. The molecular formula is C25H21Cl. The molecule has 1 aliphatic rings. The topological polar surface area (TPSA) is 0 Å². The molecule has 0 aromatic heterocycles. The van der Waals surface area contributed by atoms with E-state index in [1.165, 1.54) is 22.3 Å². The predicted molar refractivity (Wildman–Crippen MR) is 110 cm³/mol. The molecule has 1 aliphatic carbocycles. The van der Waals surface area contributed by atoms with E-state index in [2.05, 4.69) is 92.4 Å². The average molecular weight is 357 g/mol. The Labute approximate surface area is 160 Å². The Bertz CT molecular complexity index is 936. The molecule has 0 spiro atoms. The quantitative estimate of drug-likeness (QED) is 0.447. The molecule has 2 atom stereocenters. The summed E-state index contributed by atoms with van der Waals surface area (Å²) >= 11 is 6.07. The summed E-state index contributed by atoms with van der Waals surface area (Å²) in [5.41, 5.74) is 10.0. The zero-order valence-electron chi connectivity index (χ0n) is 15.0. The van der Waals surface area contributed by atoms with Gasteiger partial charge in [-0.15, -0.1) is 5.73 Å². The summed E-state index contributed by atoms with van der Waals surface area (Å²) in [5, 5.41) is 0.779. The summed E-state index contributed by atoms with van der Waals surface area (Å²) in [6.45, 7) is 4.58. The van der Waals surface area contributed by atoms with Crippen LogP contribution in [0.25, 0.3) is 5.57 Å². The standard InChI is InChI=1S/C25H21Cl/c1-18-24(25(18,2)21-13-15-22(26)16-14-21)17-23(19-9-5-3-6-10-19)20-11-7-4-8-12-20/h3-16,18H,1-2H3/t18-,25+/m0/s1. The van der Waals surface area contributed by atoms with Gasteiger partial charge in [0.1, 0.15) is 0 Å². The maximum Gasteiger partial charge on any atom is 0.0406 e. The van der Waals surface area contributed by atoms with E-state index in [9.17, 15) is 0 Å². The Hall–Kier alpha value is -2.53. The first kappa shape index (κ1) is 16.9. The molecule has 3 aromatic carbocycles. The van der Waals surface area contributed by atoms with Crippen molar-refractivity contribution in [3.63, 3.8) is 0 Å². The van der Waals surface area contributed by atoms with Gasteiger partial charge in [0.2, 0.25) is 0 Å². The highest BCUT2D eigenvalue weighted by molar-refractivity contribution is 6.30. The smallest absolute Gasteiger partial charge is 0.0406 e. The Morgan fingerprint density at radius 3 is 1.81 bits per heavy atom. The summed E-state index contributed by atoms with van der Waals surface area (Å²) in [6.07, 6.45) is 0. The number of benzene rings is 3. The first-order chi connectivity index (χ1) is 12.6. The van der Waals surface area contributed by atoms with E-state index in [1.807, 2.05) is 12.1 Å². The van der Waals surface area contributed by atoms with Gasteiger partial charge >= 0.3 is 0 Å². The molecule has 1 heteroatoms. The highest BCUT2D eigenvalue weighted by Crippen LogP contribution is 2.59. The SMILES string of the molecule is C[C@H]1C(=C=C(c2ccccc2)c2ccccc2)[C@@]1(C)c1ccc(Cl)cc1. The molecule has 1 fully saturated rings. The van der Waals surface area contributed by atoms with Crippen LogP contribution in [-0.2, 0) is 5.41 Å². The van der Waals surface area contributed by atoms with Crippen LogP contribution >= 0.6 is 11.6 Å². The van der Waals surface area contributed by atoms with Crippen molar-refractivity contribution in [3.05, 3.63) is 118 Å². The summed E-state index contributed by atoms with van der Waals surface area (Å²) in [5.74, 6) is 0.464. The first-order valence-corrected chi connectivity index (χ1v) is 9.36. The summed E-state index contributed by atoms with van der Waals surface area (Å²) in [6, 6.07) is 29.3. The van der Waals surface area contributed by atoms with Crippen molar-refractivity contribution >= 4 is 17.2 Å². The van der Waals surface area contributed by atoms with Crippen molar-refractivity contribution in [2.24, 2.45) is 5.92 Å². The number of rotatable bonds is 3. The van der Waals surface area contributed by atoms with Crippen LogP contribution in [0, 0.1) is 5.92 Å². The third kappa shape index (κ3) is 2.92. The second-order valence-corrected chi connectivity index (χ2v) is 7.51. The van der Waals surface area contributed by atoms with Gasteiger partial charge in [0.15, 0.2) is 0 Å². The summed E-state index contributed by atoms with van der Waals surface area (Å²) < 4.78 is 0. The lowest BCUT2D eigenvalue weighted by molar-refractivity contribution is 0.707. The van der Waals surface area contributed by atoms with Crippen molar-refractivity contribution in [1.29, 1.82) is 0 Å². The van der Waals surface area contributed by atoms with Crippen LogP contribution in [0.4, 0.5) is 0 Å². The monoisotopic (exact) mass is 356 g/mol. The molecule has 128 valence electrons. The second-order valence-electron chi connectivity index (χ2n) is 7.08. The van der Waals surface area contributed by atoms with Gasteiger partial charge in [0, 0.05) is 16.0 Å². The lowest BCUT2D eigenvalue weighted by atomic mass is 9.94. The van der Waals surface area contributed by atoms with Crippen LogP contribution in [0.3, 0.4) is 0 Å². The number of hydrogen-bond acceptors (Lipinski definition) is 0. The van der Waals surface area contributed by atoms with Crippen molar-refractivity contribution < 1.29 is 0 Å². The molecule has 0 bridgehead atoms. The van der Waals surface area contributed by atoms with Crippen LogP contribution in [0.5, 0.6) is 0 Å². The molecule has 4 rings (SSSR count). The fourth-order valence-electron chi connectivity index (χ4n) is 3.72. The van der Waals surface area contributed by atoms with E-state index in [0.717, 1.165) is 10.6 Å². The lowest BCUT2D eigenvalue weighted by Crippen LogP contribution is -2.02. The van der Waals surface area contributed by atoms with E-state index in [-0.39, 0.29) is 5.41 Å². The zero-order chi connectivity index (χ0) is 18.1. The van der Waals surface area contributed by atoms with Gasteiger partial charge in [-0.05, 0) is 40.3 Å². The molecule has 0 saturated heterocycles. The molecule has 0 heterocycles. The third-order valence-electron chi connectivity index (χ3n) is 5.60. The fraction of sp³-hybridized carbons (Fsp3) is 0.160. The highest BCUT2D eigenvalue weighted by Gasteiger charge is 2.54. The normalized spacial score (nSPS) is 21.2. The largest absolute Gasteiger partial charge is 0.111 e. The van der Waals surface area contributed by atoms with E-state index in [1.54, 1.807) is 0 Å². The molecule has 0 aliphatic heterocycles. The van der Waals surface area contributed by atoms with Crippen LogP contribution < -0.4 is 0 Å². The van der Waals surface area contributed by atoms with Gasteiger partial charge in [-0.1, -0.05) is 98.2 Å². The van der Waals surface area contributed by atoms with Gasteiger partial charge < -0.3 is 0 Å². The van der Waals surface area contributed by atoms with Gasteiger partial charge in [-0.2, -0.15) is 0 Å². The molecule has 3 aromatic rings. The summed E-state index contributed by atoms with van der Waals surface area (Å²) in [7, 11) is 0. The van der Waals surface area contributed by atoms with Crippen molar-refractivity contribution in [2.75, 3.05) is 0 Å². The van der Waals surface area contributed by atoms with E-state index in [4.69, 9.17) is 11.6 Å². The third-order valence-corrected chi connectivity index (χ3v) is 5.86. The molecule has 0 nitrogen and oxygen atoms in total. The molecule has 1 saturated carbocycles. The lowest BCUT2D eigenvalue weighted by Gasteiger charge is -2.09. The van der Waals surface area contributed by atoms with Gasteiger partial charge in [0.05, 0.1) is 0 Å². The van der Waals surface area contributed by atoms with Crippen LogP contribution in [0.15, 0.2) is 96.2 Å². The Kier molecular flexibility index (Phi) is 4.32. The van der Waals surface area contributed by atoms with Crippen LogP contribution in [0.2, 0.25) is 5.02 Å². The minimum absolute atomic E-state index is 0.0272. The average Bonchev–Trinajstić information content (AvgIpc) is 3.22. The van der Waals surface area contributed by atoms with E-state index < -0.39 is 0 Å². The van der Waals surface area contributed by atoms with Crippen molar-refractivity contribution in [1.82, 2.24) is 0 Å². The molecule has 0 N–H and O–H groups in total. The Morgan fingerprint density at radius 2 is 1.31 bits per heavy atom. The summed E-state index contributed by atoms with van der Waals surface area (Å²) in [4.78, 5) is 0.